The van der Waals surface area contributed by atoms with Gasteiger partial charge in [0, 0.05) is 24.6 Å². The molecule has 5 rings (SSSR count). The van der Waals surface area contributed by atoms with Crippen LogP contribution in [0, 0.1) is 5.92 Å². The van der Waals surface area contributed by atoms with Crippen molar-refractivity contribution in [3.05, 3.63) is 46.6 Å². The molecule has 0 aliphatic carbocycles. The monoisotopic (exact) mass is 706 g/mol. The van der Waals surface area contributed by atoms with E-state index >= 15 is 0 Å². The van der Waals surface area contributed by atoms with Gasteiger partial charge in [0.15, 0.2) is 24.1 Å². The van der Waals surface area contributed by atoms with E-state index in [1.807, 2.05) is 0 Å². The lowest BCUT2D eigenvalue weighted by Gasteiger charge is -2.41. The quantitative estimate of drug-likeness (QED) is 0.145. The summed E-state index contributed by atoms with van der Waals surface area (Å²) in [6.07, 6.45) is -15.4. The first kappa shape index (κ1) is 36.8. The smallest absolute Gasteiger partial charge is 0.308 e. The van der Waals surface area contributed by atoms with E-state index in [4.69, 9.17) is 32.8 Å². The molecule has 2 fully saturated rings. The third kappa shape index (κ3) is 7.34. The van der Waals surface area contributed by atoms with Crippen LogP contribution in [0.4, 0.5) is 0 Å². The van der Waals surface area contributed by atoms with E-state index in [1.54, 1.807) is 13.8 Å². The first-order valence-corrected chi connectivity index (χ1v) is 15.6. The molecule has 50 heavy (non-hydrogen) atoms. The molecule has 0 amide bonds. The van der Waals surface area contributed by atoms with Crippen molar-refractivity contribution in [1.29, 1.82) is 0 Å². The Labute approximate surface area is 283 Å². The minimum atomic E-state index is -1.88. The van der Waals surface area contributed by atoms with E-state index in [-0.39, 0.29) is 28.4 Å². The number of aliphatic hydroxyl groups excluding tert-OH is 5. The van der Waals surface area contributed by atoms with Gasteiger partial charge in [-0.3, -0.25) is 14.4 Å². The molecule has 2 aliphatic rings. The molecular weight excluding hydrogens is 668 g/mol. The molecule has 0 radical (unpaired) electrons. The van der Waals surface area contributed by atoms with E-state index in [0.29, 0.717) is 0 Å². The van der Waals surface area contributed by atoms with Crippen LogP contribution in [-0.4, -0.2) is 116 Å². The molecule has 7 N–H and O–H groups in total. The van der Waals surface area contributed by atoms with Gasteiger partial charge in [-0.1, -0.05) is 13.8 Å². The second-order valence-corrected chi connectivity index (χ2v) is 12.2. The van der Waals surface area contributed by atoms with E-state index in [0.717, 1.165) is 13.0 Å². The fourth-order valence-electron chi connectivity index (χ4n) is 5.46. The largest absolute Gasteiger partial charge is 0.508 e. The van der Waals surface area contributed by atoms with Gasteiger partial charge in [0.25, 0.3) is 0 Å². The van der Waals surface area contributed by atoms with Gasteiger partial charge >= 0.3 is 11.9 Å². The van der Waals surface area contributed by atoms with Crippen molar-refractivity contribution in [1.82, 2.24) is 0 Å². The standard InChI is InChI=1S/C33H38O17/c1-12(2)31(43)49-30-25(41)22(38)13(3)44-33(30)46-17-9-18(37)21-19(10-17)47-27(15-5-7-16(36)8-6-15)29(24(21)40)50-32-26(42)28(45-14(4)35)23(39)20(11-34)48-32/h5-10,12-13,20,22-23,25-26,28,30,32-34,36-39,41-42H,11H2,1-4H3/t13-,20+,22-,23+,25+,26+,28-,30+,32-,33-/m0/s1. The predicted molar refractivity (Wildman–Crippen MR) is 167 cm³/mol. The highest BCUT2D eigenvalue weighted by atomic mass is 16.7. The Morgan fingerprint density at radius 1 is 0.860 bits per heavy atom. The van der Waals surface area contributed by atoms with Gasteiger partial charge in [-0.25, -0.2) is 0 Å². The normalized spacial score (nSPS) is 29.8. The summed E-state index contributed by atoms with van der Waals surface area (Å²) in [5.74, 6) is -4.10. The Morgan fingerprint density at radius 2 is 1.54 bits per heavy atom. The Kier molecular flexibility index (Phi) is 10.9. The molecule has 0 bridgehead atoms. The first-order valence-electron chi connectivity index (χ1n) is 15.6. The summed E-state index contributed by atoms with van der Waals surface area (Å²) in [4.78, 5) is 38.1. The molecule has 17 nitrogen and oxygen atoms in total. The SMILES string of the molecule is CC(=O)O[C@@H]1[C@@H](O)[C@H](Oc2c(-c3ccc(O)cc3)oc3cc(O[C@@H]4O[C@@H](C)[C@H](O)[C@@H](O)[C@H]4OC(=O)C(C)C)cc(O)c3c2=O)O[C@H](CO)[C@H]1O. The highest BCUT2D eigenvalue weighted by molar-refractivity contribution is 5.88. The maximum Gasteiger partial charge on any atom is 0.308 e. The lowest BCUT2D eigenvalue weighted by atomic mass is 9.99. The number of carbonyl (C=O) groups excluding carboxylic acids is 2. The van der Waals surface area contributed by atoms with Crippen molar-refractivity contribution in [2.24, 2.45) is 5.92 Å². The second-order valence-electron chi connectivity index (χ2n) is 12.2. The van der Waals surface area contributed by atoms with Crippen LogP contribution in [0.5, 0.6) is 23.0 Å². The molecular formula is C33H38O17. The van der Waals surface area contributed by atoms with Crippen molar-refractivity contribution in [3.63, 3.8) is 0 Å². The number of rotatable bonds is 9. The zero-order valence-corrected chi connectivity index (χ0v) is 27.2. The molecule has 272 valence electrons. The molecule has 3 aromatic rings. The number of ether oxygens (including phenoxy) is 6. The van der Waals surface area contributed by atoms with Crippen LogP contribution in [0.1, 0.15) is 27.7 Å². The molecule has 3 heterocycles. The molecule has 0 saturated carbocycles. The van der Waals surface area contributed by atoms with Crippen molar-refractivity contribution in [2.45, 2.75) is 89.1 Å². The molecule has 2 aliphatic heterocycles. The van der Waals surface area contributed by atoms with Crippen LogP contribution in [0.3, 0.4) is 0 Å². The van der Waals surface area contributed by atoms with Crippen LogP contribution >= 0.6 is 0 Å². The Morgan fingerprint density at radius 3 is 2.16 bits per heavy atom. The molecule has 1 aromatic heterocycles. The van der Waals surface area contributed by atoms with Gasteiger partial charge < -0.3 is 68.6 Å². The van der Waals surface area contributed by atoms with E-state index in [9.17, 15) is 50.1 Å². The number of aliphatic hydroxyl groups is 5. The number of fused-ring (bicyclic) bond motifs is 1. The molecule has 2 saturated heterocycles. The summed E-state index contributed by atoms with van der Waals surface area (Å²) in [5.41, 5.74) is -1.10. The van der Waals surface area contributed by atoms with Crippen LogP contribution in [0.15, 0.2) is 45.6 Å². The number of aromatic hydroxyl groups is 2. The van der Waals surface area contributed by atoms with E-state index in [1.165, 1.54) is 37.3 Å². The summed E-state index contributed by atoms with van der Waals surface area (Å²) >= 11 is 0. The highest BCUT2D eigenvalue weighted by Gasteiger charge is 2.49. The van der Waals surface area contributed by atoms with Gasteiger partial charge in [-0.05, 0) is 31.2 Å². The van der Waals surface area contributed by atoms with Crippen molar-refractivity contribution < 1.29 is 78.2 Å². The summed E-state index contributed by atoms with van der Waals surface area (Å²) in [7, 11) is 0. The van der Waals surface area contributed by atoms with E-state index < -0.39 is 108 Å². The number of benzene rings is 2. The summed E-state index contributed by atoms with van der Waals surface area (Å²) in [6.45, 7) is 4.83. The predicted octanol–water partition coefficient (Wildman–Crippen LogP) is 0.0339. The van der Waals surface area contributed by atoms with Gasteiger partial charge in [0.2, 0.25) is 23.8 Å². The van der Waals surface area contributed by atoms with Crippen LogP contribution < -0.4 is 14.9 Å². The minimum Gasteiger partial charge on any atom is -0.508 e. The Hall–Kier alpha value is -4.49. The zero-order valence-electron chi connectivity index (χ0n) is 27.2. The third-order valence-corrected chi connectivity index (χ3v) is 8.15. The highest BCUT2D eigenvalue weighted by Crippen LogP contribution is 2.39. The average Bonchev–Trinajstić information content (AvgIpc) is 3.06. The number of esters is 2. The fourth-order valence-corrected chi connectivity index (χ4v) is 5.46. The van der Waals surface area contributed by atoms with Crippen molar-refractivity contribution >= 4 is 22.9 Å². The van der Waals surface area contributed by atoms with Gasteiger partial charge in [0.1, 0.15) is 52.6 Å². The van der Waals surface area contributed by atoms with E-state index in [2.05, 4.69) is 0 Å². The Balaban J connectivity index is 1.58. The number of carbonyl (C=O) groups is 2. The minimum absolute atomic E-state index is 0.135. The number of phenolic OH excluding ortho intramolecular Hbond substituents is 2. The average molecular weight is 707 g/mol. The van der Waals surface area contributed by atoms with Gasteiger partial charge in [-0.15, -0.1) is 0 Å². The molecule has 10 atom stereocenters. The fraction of sp³-hybridized carbons (Fsp3) is 0.485. The topological polar surface area (TPSA) is 261 Å². The maximum atomic E-state index is 14.0. The first-order chi connectivity index (χ1) is 23.6. The Bertz CT molecular complexity index is 1750. The second kappa shape index (κ2) is 14.8. The van der Waals surface area contributed by atoms with Gasteiger partial charge in [0.05, 0.1) is 18.6 Å². The zero-order chi connectivity index (χ0) is 36.6. The third-order valence-electron chi connectivity index (χ3n) is 8.15. The van der Waals surface area contributed by atoms with Crippen molar-refractivity contribution in [2.75, 3.05) is 6.61 Å². The van der Waals surface area contributed by atoms with Crippen LogP contribution in [0.2, 0.25) is 0 Å². The van der Waals surface area contributed by atoms with Crippen LogP contribution in [0.25, 0.3) is 22.3 Å². The van der Waals surface area contributed by atoms with Crippen molar-refractivity contribution in [3.8, 4) is 34.3 Å². The number of hydrogen-bond donors (Lipinski definition) is 7. The summed E-state index contributed by atoms with van der Waals surface area (Å²) < 4.78 is 39.3. The summed E-state index contributed by atoms with van der Waals surface area (Å²) in [6, 6.07) is 7.49. The summed E-state index contributed by atoms with van der Waals surface area (Å²) in [5, 5.41) is 72.8. The lowest BCUT2D eigenvalue weighted by Crippen LogP contribution is -2.61. The molecule has 0 spiro atoms. The molecule has 0 unspecified atom stereocenters. The maximum absolute atomic E-state index is 14.0. The lowest BCUT2D eigenvalue weighted by molar-refractivity contribution is -0.281. The number of hydrogen-bond acceptors (Lipinski definition) is 17. The van der Waals surface area contributed by atoms with Gasteiger partial charge in [-0.2, -0.15) is 0 Å². The number of phenols is 2. The van der Waals surface area contributed by atoms with Crippen LogP contribution in [-0.2, 0) is 28.5 Å². The molecule has 17 heteroatoms. The molecule has 2 aromatic carbocycles.